The molecule has 116 valence electrons. The van der Waals surface area contributed by atoms with E-state index in [-0.39, 0.29) is 12.5 Å². The minimum absolute atomic E-state index is 0.0767. The van der Waals surface area contributed by atoms with Crippen molar-refractivity contribution in [3.63, 3.8) is 0 Å². The largest absolute Gasteiger partial charge is 0.396 e. The maximum atomic E-state index is 12.3. The molecule has 5 heteroatoms. The van der Waals surface area contributed by atoms with Gasteiger partial charge >= 0.3 is 0 Å². The number of nitrogens with zero attached hydrogens (tertiary/aromatic N) is 1. The van der Waals surface area contributed by atoms with Crippen LogP contribution in [0.3, 0.4) is 0 Å². The molecule has 1 fully saturated rings. The third-order valence-corrected chi connectivity index (χ3v) is 3.59. The third kappa shape index (κ3) is 5.02. The Hall–Kier alpha value is -1.59. The van der Waals surface area contributed by atoms with E-state index in [0.717, 1.165) is 37.1 Å². The summed E-state index contributed by atoms with van der Waals surface area (Å²) in [5, 5.41) is 12.0. The molecule has 1 saturated heterocycles. The number of hydrogen-bond acceptors (Lipinski definition) is 4. The number of ether oxygens (including phenoxy) is 1. The van der Waals surface area contributed by atoms with Crippen molar-refractivity contribution in [3.8, 4) is 0 Å². The third-order valence-electron chi connectivity index (χ3n) is 3.59. The molecule has 0 unspecified atom stereocenters. The molecule has 21 heavy (non-hydrogen) atoms. The van der Waals surface area contributed by atoms with Crippen LogP contribution in [0.1, 0.15) is 29.6 Å². The Balaban J connectivity index is 1.79. The highest BCUT2D eigenvalue weighted by atomic mass is 16.5. The number of aliphatic hydroxyl groups is 1. The summed E-state index contributed by atoms with van der Waals surface area (Å²) in [6, 6.07) is 7.63. The van der Waals surface area contributed by atoms with Crippen LogP contribution < -0.4 is 5.32 Å². The molecule has 0 aromatic heterocycles. The molecule has 0 aliphatic carbocycles. The van der Waals surface area contributed by atoms with Crippen LogP contribution in [-0.2, 0) is 4.74 Å². The zero-order chi connectivity index (χ0) is 14.9. The lowest BCUT2D eigenvalue weighted by atomic mass is 10.1. The number of hydrogen-bond donors (Lipinski definition) is 2. The number of benzene rings is 1. The SMILES string of the molecule is O=C(c1ccc(NCCCCCO)cc1)N1CCOCC1. The van der Waals surface area contributed by atoms with Gasteiger partial charge in [0.25, 0.3) is 5.91 Å². The smallest absolute Gasteiger partial charge is 0.254 e. The fraction of sp³-hybridized carbons (Fsp3) is 0.562. The Kier molecular flexibility index (Phi) is 6.50. The lowest BCUT2D eigenvalue weighted by Crippen LogP contribution is -2.40. The van der Waals surface area contributed by atoms with Crippen LogP contribution >= 0.6 is 0 Å². The highest BCUT2D eigenvalue weighted by molar-refractivity contribution is 5.94. The second kappa shape index (κ2) is 8.64. The average molecular weight is 292 g/mol. The van der Waals surface area contributed by atoms with Crippen LogP contribution in [0.5, 0.6) is 0 Å². The van der Waals surface area contributed by atoms with Crippen molar-refractivity contribution in [1.82, 2.24) is 4.90 Å². The summed E-state index contributed by atoms with van der Waals surface area (Å²) in [4.78, 5) is 14.1. The number of anilines is 1. The maximum Gasteiger partial charge on any atom is 0.254 e. The van der Waals surface area contributed by atoms with E-state index in [1.54, 1.807) is 0 Å². The van der Waals surface area contributed by atoms with Gasteiger partial charge in [-0.05, 0) is 43.5 Å². The zero-order valence-electron chi connectivity index (χ0n) is 12.4. The molecule has 0 bridgehead atoms. The maximum absolute atomic E-state index is 12.3. The molecule has 1 heterocycles. The normalized spacial score (nSPS) is 15.0. The lowest BCUT2D eigenvalue weighted by Gasteiger charge is -2.26. The van der Waals surface area contributed by atoms with Gasteiger partial charge in [-0.3, -0.25) is 4.79 Å². The number of carbonyl (C=O) groups is 1. The molecule has 1 amide bonds. The van der Waals surface area contributed by atoms with Crippen LogP contribution in [0, 0.1) is 0 Å². The minimum atomic E-state index is 0.0767. The van der Waals surface area contributed by atoms with Crippen LogP contribution in [0.15, 0.2) is 24.3 Å². The van der Waals surface area contributed by atoms with Crippen LogP contribution in [0.2, 0.25) is 0 Å². The number of amides is 1. The Morgan fingerprint density at radius 2 is 1.86 bits per heavy atom. The van der Waals surface area contributed by atoms with Crippen molar-refractivity contribution in [2.45, 2.75) is 19.3 Å². The number of morpholine rings is 1. The highest BCUT2D eigenvalue weighted by Crippen LogP contribution is 2.13. The van der Waals surface area contributed by atoms with E-state index in [2.05, 4.69) is 5.32 Å². The summed E-state index contributed by atoms with van der Waals surface area (Å²) < 4.78 is 5.26. The quantitative estimate of drug-likeness (QED) is 0.751. The van der Waals surface area contributed by atoms with E-state index < -0.39 is 0 Å². The van der Waals surface area contributed by atoms with E-state index in [1.165, 1.54) is 0 Å². The van der Waals surface area contributed by atoms with Gasteiger partial charge in [0.15, 0.2) is 0 Å². The van der Waals surface area contributed by atoms with Crippen molar-refractivity contribution < 1.29 is 14.6 Å². The van der Waals surface area contributed by atoms with Crippen LogP contribution in [-0.4, -0.2) is 55.4 Å². The zero-order valence-corrected chi connectivity index (χ0v) is 12.4. The van der Waals surface area contributed by atoms with Gasteiger partial charge in [0.1, 0.15) is 0 Å². The first-order valence-electron chi connectivity index (χ1n) is 7.63. The van der Waals surface area contributed by atoms with E-state index in [9.17, 15) is 4.79 Å². The lowest BCUT2D eigenvalue weighted by molar-refractivity contribution is 0.0303. The minimum Gasteiger partial charge on any atom is -0.396 e. The van der Waals surface area contributed by atoms with Gasteiger partial charge in [0, 0.05) is 37.5 Å². The number of nitrogens with one attached hydrogen (secondary N) is 1. The first-order chi connectivity index (χ1) is 10.3. The molecule has 2 N–H and O–H groups in total. The Morgan fingerprint density at radius 1 is 1.14 bits per heavy atom. The van der Waals surface area contributed by atoms with Crippen LogP contribution in [0.25, 0.3) is 0 Å². The monoisotopic (exact) mass is 292 g/mol. The van der Waals surface area contributed by atoms with Gasteiger partial charge in [0.2, 0.25) is 0 Å². The fourth-order valence-electron chi connectivity index (χ4n) is 2.33. The fourth-order valence-corrected chi connectivity index (χ4v) is 2.33. The summed E-state index contributed by atoms with van der Waals surface area (Å²) in [7, 11) is 0. The molecule has 0 radical (unpaired) electrons. The average Bonchev–Trinajstić information content (AvgIpc) is 2.55. The molecule has 1 aromatic rings. The Morgan fingerprint density at radius 3 is 2.52 bits per heavy atom. The molecule has 2 rings (SSSR count). The molecule has 5 nitrogen and oxygen atoms in total. The van der Waals surface area contributed by atoms with Gasteiger partial charge in [-0.2, -0.15) is 0 Å². The molecule has 1 aliphatic rings. The summed E-state index contributed by atoms with van der Waals surface area (Å²) in [5.41, 5.74) is 1.75. The first-order valence-corrected chi connectivity index (χ1v) is 7.63. The molecular formula is C16H24N2O3. The highest BCUT2D eigenvalue weighted by Gasteiger charge is 2.18. The van der Waals surface area contributed by atoms with Gasteiger partial charge < -0.3 is 20.1 Å². The van der Waals surface area contributed by atoms with Crippen molar-refractivity contribution in [3.05, 3.63) is 29.8 Å². The second-order valence-electron chi connectivity index (χ2n) is 5.19. The second-order valence-corrected chi connectivity index (χ2v) is 5.19. The molecule has 0 spiro atoms. The van der Waals surface area contributed by atoms with E-state index >= 15 is 0 Å². The predicted molar refractivity (Wildman–Crippen MR) is 82.6 cm³/mol. The van der Waals surface area contributed by atoms with E-state index in [1.807, 2.05) is 29.2 Å². The molecular weight excluding hydrogens is 268 g/mol. The van der Waals surface area contributed by atoms with E-state index in [4.69, 9.17) is 9.84 Å². The van der Waals surface area contributed by atoms with Crippen molar-refractivity contribution in [2.24, 2.45) is 0 Å². The standard InChI is InChI=1S/C16H24N2O3/c19-11-3-1-2-8-17-15-6-4-14(5-7-15)16(20)18-9-12-21-13-10-18/h4-7,17,19H,1-3,8-13H2. The number of rotatable bonds is 7. The Bertz CT molecular complexity index is 428. The predicted octanol–water partition coefficient (Wildman–Crippen LogP) is 1.73. The summed E-state index contributed by atoms with van der Waals surface area (Å²) >= 11 is 0. The number of carbonyl (C=O) groups excluding carboxylic acids is 1. The van der Waals surface area contributed by atoms with Crippen molar-refractivity contribution >= 4 is 11.6 Å². The summed E-state index contributed by atoms with van der Waals surface area (Å²) in [6.07, 6.45) is 2.92. The van der Waals surface area contributed by atoms with Crippen molar-refractivity contribution in [1.29, 1.82) is 0 Å². The molecule has 1 aliphatic heterocycles. The topological polar surface area (TPSA) is 61.8 Å². The van der Waals surface area contributed by atoms with Gasteiger partial charge in [-0.1, -0.05) is 0 Å². The summed E-state index contributed by atoms with van der Waals surface area (Å²) in [5.74, 6) is 0.0767. The van der Waals surface area contributed by atoms with Gasteiger partial charge in [0.05, 0.1) is 13.2 Å². The number of aliphatic hydroxyl groups excluding tert-OH is 1. The molecule has 0 atom stereocenters. The van der Waals surface area contributed by atoms with Gasteiger partial charge in [-0.25, -0.2) is 0 Å². The molecule has 1 aromatic carbocycles. The van der Waals surface area contributed by atoms with Crippen LogP contribution in [0.4, 0.5) is 5.69 Å². The number of unbranched alkanes of at least 4 members (excludes halogenated alkanes) is 2. The van der Waals surface area contributed by atoms with Crippen molar-refractivity contribution in [2.75, 3.05) is 44.8 Å². The van der Waals surface area contributed by atoms with E-state index in [0.29, 0.717) is 26.3 Å². The molecule has 0 saturated carbocycles. The summed E-state index contributed by atoms with van der Waals surface area (Å²) in [6.45, 7) is 3.74. The first kappa shape index (κ1) is 15.8. The van der Waals surface area contributed by atoms with Gasteiger partial charge in [-0.15, -0.1) is 0 Å². The Labute approximate surface area is 125 Å².